The van der Waals surface area contributed by atoms with E-state index in [1.165, 1.54) is 11.1 Å². The Morgan fingerprint density at radius 1 is 1.14 bits per heavy atom. The number of carbonyl (C=O) groups is 1. The van der Waals surface area contributed by atoms with Gasteiger partial charge in [0.2, 0.25) is 0 Å². The van der Waals surface area contributed by atoms with E-state index in [-0.39, 0.29) is 6.61 Å². The third kappa shape index (κ3) is 4.53. The number of hydrogen-bond donors (Lipinski definition) is 2. The van der Waals surface area contributed by atoms with Crippen molar-refractivity contribution in [3.05, 3.63) is 59.2 Å². The number of nitrogens with one attached hydrogen (secondary N) is 1. The van der Waals surface area contributed by atoms with Crippen molar-refractivity contribution in [1.82, 2.24) is 0 Å². The van der Waals surface area contributed by atoms with Crippen LogP contribution in [0.15, 0.2) is 42.5 Å². The van der Waals surface area contributed by atoms with Gasteiger partial charge >= 0.3 is 0 Å². The molecule has 0 aliphatic carbocycles. The smallest absolute Gasteiger partial charge is 0.255 e. The molecule has 4 heteroatoms. The van der Waals surface area contributed by atoms with Crippen LogP contribution in [-0.4, -0.2) is 12.5 Å². The normalized spacial score (nSPS) is 10.2. The molecule has 4 nitrogen and oxygen atoms in total. The molecule has 110 valence electrons. The number of benzene rings is 2. The van der Waals surface area contributed by atoms with Gasteiger partial charge in [0.05, 0.1) is 0 Å². The van der Waals surface area contributed by atoms with E-state index >= 15 is 0 Å². The zero-order valence-corrected chi connectivity index (χ0v) is 12.3. The summed E-state index contributed by atoms with van der Waals surface area (Å²) in [5.74, 6) is 0.167. The quantitative estimate of drug-likeness (QED) is 0.857. The average molecular weight is 284 g/mol. The van der Waals surface area contributed by atoms with Crippen LogP contribution >= 0.6 is 0 Å². The number of aryl methyl sites for hydroxylation is 2. The second kappa shape index (κ2) is 6.79. The standard InChI is InChI=1S/C17H20N2O2/c1-12-3-4-13(2)16(9-12)19-10-14-5-7-15(8-6-14)21-11-17(18)20/h3-9,19H,10-11H2,1-2H3,(H2,18,20). The predicted octanol–water partition coefficient (Wildman–Crippen LogP) is 2.78. The molecule has 3 N–H and O–H groups in total. The molecule has 0 atom stereocenters. The average Bonchev–Trinajstić information content (AvgIpc) is 2.47. The zero-order valence-electron chi connectivity index (χ0n) is 12.3. The van der Waals surface area contributed by atoms with Crippen molar-refractivity contribution in [2.45, 2.75) is 20.4 Å². The lowest BCUT2D eigenvalue weighted by atomic mass is 10.1. The molecule has 1 amide bonds. The summed E-state index contributed by atoms with van der Waals surface area (Å²) < 4.78 is 5.23. The van der Waals surface area contributed by atoms with Crippen molar-refractivity contribution in [2.75, 3.05) is 11.9 Å². The number of anilines is 1. The maximum absolute atomic E-state index is 10.6. The van der Waals surface area contributed by atoms with Crippen LogP contribution in [0.5, 0.6) is 5.75 Å². The third-order valence-electron chi connectivity index (χ3n) is 3.18. The highest BCUT2D eigenvalue weighted by molar-refractivity contribution is 5.75. The fraction of sp³-hybridized carbons (Fsp3) is 0.235. The van der Waals surface area contributed by atoms with Crippen LogP contribution in [0, 0.1) is 13.8 Å². The topological polar surface area (TPSA) is 64.3 Å². The van der Waals surface area contributed by atoms with Crippen LogP contribution in [0.3, 0.4) is 0 Å². The molecular weight excluding hydrogens is 264 g/mol. The third-order valence-corrected chi connectivity index (χ3v) is 3.18. The molecule has 2 aromatic rings. The Balaban J connectivity index is 1.94. The first-order valence-electron chi connectivity index (χ1n) is 6.86. The molecule has 0 spiro atoms. The Hall–Kier alpha value is -2.49. The summed E-state index contributed by atoms with van der Waals surface area (Å²) in [6.45, 7) is 4.80. The summed E-state index contributed by atoms with van der Waals surface area (Å²) in [6.07, 6.45) is 0. The van der Waals surface area contributed by atoms with Crippen molar-refractivity contribution in [1.29, 1.82) is 0 Å². The number of hydrogen-bond acceptors (Lipinski definition) is 3. The van der Waals surface area contributed by atoms with Crippen molar-refractivity contribution in [2.24, 2.45) is 5.73 Å². The van der Waals surface area contributed by atoms with Crippen molar-refractivity contribution in [3.8, 4) is 5.75 Å². The molecule has 0 saturated heterocycles. The molecule has 2 rings (SSSR count). The first kappa shape index (κ1) is 14.9. The molecule has 0 bridgehead atoms. The Kier molecular flexibility index (Phi) is 4.82. The van der Waals surface area contributed by atoms with Gasteiger partial charge in [-0.3, -0.25) is 4.79 Å². The van der Waals surface area contributed by atoms with Crippen LogP contribution in [-0.2, 0) is 11.3 Å². The van der Waals surface area contributed by atoms with Gasteiger partial charge in [-0.15, -0.1) is 0 Å². The maximum atomic E-state index is 10.6. The van der Waals surface area contributed by atoms with Gasteiger partial charge in [0, 0.05) is 12.2 Å². The van der Waals surface area contributed by atoms with Crippen molar-refractivity contribution in [3.63, 3.8) is 0 Å². The highest BCUT2D eigenvalue weighted by Crippen LogP contribution is 2.18. The summed E-state index contributed by atoms with van der Waals surface area (Å²) in [5.41, 5.74) is 9.78. The minimum absolute atomic E-state index is 0.0971. The van der Waals surface area contributed by atoms with Crippen LogP contribution in [0.25, 0.3) is 0 Å². The van der Waals surface area contributed by atoms with E-state index in [4.69, 9.17) is 10.5 Å². The second-order valence-corrected chi connectivity index (χ2v) is 5.07. The summed E-state index contributed by atoms with van der Waals surface area (Å²) in [7, 11) is 0. The van der Waals surface area contributed by atoms with Gasteiger partial charge in [-0.05, 0) is 48.7 Å². The predicted molar refractivity (Wildman–Crippen MR) is 84.4 cm³/mol. The molecule has 0 aliphatic heterocycles. The van der Waals surface area contributed by atoms with Gasteiger partial charge in [-0.2, -0.15) is 0 Å². The van der Waals surface area contributed by atoms with E-state index < -0.39 is 5.91 Å². The van der Waals surface area contributed by atoms with Crippen molar-refractivity contribution < 1.29 is 9.53 Å². The molecule has 0 fully saturated rings. The molecule has 0 radical (unpaired) electrons. The maximum Gasteiger partial charge on any atom is 0.255 e. The van der Waals surface area contributed by atoms with E-state index in [0.717, 1.165) is 17.8 Å². The highest BCUT2D eigenvalue weighted by Gasteiger charge is 2.00. The lowest BCUT2D eigenvalue weighted by Crippen LogP contribution is -2.19. The first-order chi connectivity index (χ1) is 10.0. The number of nitrogens with two attached hydrogens (primary N) is 1. The van der Waals surface area contributed by atoms with E-state index in [0.29, 0.717) is 5.75 Å². The van der Waals surface area contributed by atoms with Crippen LogP contribution < -0.4 is 15.8 Å². The number of primary amides is 1. The lowest BCUT2D eigenvalue weighted by Gasteiger charge is -2.11. The van der Waals surface area contributed by atoms with Gasteiger partial charge in [0.15, 0.2) is 6.61 Å². The summed E-state index contributed by atoms with van der Waals surface area (Å²) in [6, 6.07) is 14.0. The molecule has 0 aromatic heterocycles. The molecule has 0 heterocycles. The second-order valence-electron chi connectivity index (χ2n) is 5.07. The van der Waals surface area contributed by atoms with Gasteiger partial charge in [-0.25, -0.2) is 0 Å². The first-order valence-corrected chi connectivity index (χ1v) is 6.86. The van der Waals surface area contributed by atoms with Gasteiger partial charge in [0.25, 0.3) is 5.91 Å². The van der Waals surface area contributed by atoms with Crippen molar-refractivity contribution >= 4 is 11.6 Å². The molecule has 0 unspecified atom stereocenters. The number of ether oxygens (including phenoxy) is 1. The van der Waals surface area contributed by atoms with Gasteiger partial charge in [0.1, 0.15) is 5.75 Å². The minimum atomic E-state index is -0.476. The molecule has 2 aromatic carbocycles. The minimum Gasteiger partial charge on any atom is -0.484 e. The SMILES string of the molecule is Cc1ccc(C)c(NCc2ccc(OCC(N)=O)cc2)c1. The Morgan fingerprint density at radius 3 is 2.52 bits per heavy atom. The number of rotatable bonds is 6. The lowest BCUT2D eigenvalue weighted by molar-refractivity contribution is -0.119. The van der Waals surface area contributed by atoms with E-state index in [9.17, 15) is 4.79 Å². The highest BCUT2D eigenvalue weighted by atomic mass is 16.5. The van der Waals surface area contributed by atoms with Gasteiger partial charge in [-0.1, -0.05) is 24.3 Å². The summed E-state index contributed by atoms with van der Waals surface area (Å²) in [5, 5.41) is 3.42. The molecule has 0 saturated carbocycles. The monoisotopic (exact) mass is 284 g/mol. The fourth-order valence-electron chi connectivity index (χ4n) is 1.98. The Labute approximate surface area is 124 Å². The van der Waals surface area contributed by atoms with Crippen LogP contribution in [0.1, 0.15) is 16.7 Å². The zero-order chi connectivity index (χ0) is 15.2. The molecule has 0 aliphatic rings. The van der Waals surface area contributed by atoms with Gasteiger partial charge < -0.3 is 15.8 Å². The Bertz CT molecular complexity index is 621. The largest absolute Gasteiger partial charge is 0.484 e. The Morgan fingerprint density at radius 2 is 1.86 bits per heavy atom. The summed E-state index contributed by atoms with van der Waals surface area (Å²) >= 11 is 0. The van der Waals surface area contributed by atoms with E-state index in [1.807, 2.05) is 24.3 Å². The molecule has 21 heavy (non-hydrogen) atoms. The van der Waals surface area contributed by atoms with Crippen LogP contribution in [0.2, 0.25) is 0 Å². The molecular formula is C17H20N2O2. The van der Waals surface area contributed by atoms with E-state index in [2.05, 4.69) is 37.4 Å². The van der Waals surface area contributed by atoms with Crippen LogP contribution in [0.4, 0.5) is 5.69 Å². The fourth-order valence-corrected chi connectivity index (χ4v) is 1.98. The van der Waals surface area contributed by atoms with E-state index in [1.54, 1.807) is 0 Å². The number of amides is 1. The summed E-state index contributed by atoms with van der Waals surface area (Å²) in [4.78, 5) is 10.6. The number of carbonyl (C=O) groups excluding carboxylic acids is 1.